The molecule has 5 nitrogen and oxygen atoms in total. The molecule has 20 heavy (non-hydrogen) atoms. The third kappa shape index (κ3) is 3.24. The Morgan fingerprint density at radius 3 is 2.50 bits per heavy atom. The van der Waals surface area contributed by atoms with Crippen LogP contribution < -0.4 is 10.6 Å². The smallest absolute Gasteiger partial charge is 0.132 e. The van der Waals surface area contributed by atoms with Crippen molar-refractivity contribution in [1.82, 2.24) is 9.97 Å². The van der Waals surface area contributed by atoms with Crippen molar-refractivity contribution in [3.63, 3.8) is 0 Å². The maximum Gasteiger partial charge on any atom is 0.132 e. The summed E-state index contributed by atoms with van der Waals surface area (Å²) in [7, 11) is 0. The van der Waals surface area contributed by atoms with Gasteiger partial charge in [0, 0.05) is 12.6 Å². The van der Waals surface area contributed by atoms with E-state index >= 15 is 0 Å². The maximum atomic E-state index is 9.75. The van der Waals surface area contributed by atoms with Gasteiger partial charge in [0.2, 0.25) is 0 Å². The normalized spacial score (nSPS) is 13.6. The van der Waals surface area contributed by atoms with Crippen molar-refractivity contribution in [3.8, 4) is 0 Å². The predicted molar refractivity (Wildman–Crippen MR) is 80.7 cm³/mol. The monoisotopic (exact) mass is 272 g/mol. The lowest BCUT2D eigenvalue weighted by molar-refractivity contribution is 0.223. The van der Waals surface area contributed by atoms with Crippen LogP contribution in [-0.2, 0) is 5.54 Å². The van der Waals surface area contributed by atoms with Gasteiger partial charge in [-0.05, 0) is 19.4 Å². The quantitative estimate of drug-likeness (QED) is 0.752. The lowest BCUT2D eigenvalue weighted by atomic mass is 9.93. The first-order valence-corrected chi connectivity index (χ1v) is 6.68. The fourth-order valence-electron chi connectivity index (χ4n) is 2.00. The van der Waals surface area contributed by atoms with E-state index in [-0.39, 0.29) is 6.61 Å². The largest absolute Gasteiger partial charge is 0.394 e. The molecule has 1 aromatic carbocycles. The lowest BCUT2D eigenvalue weighted by Crippen LogP contribution is -2.36. The van der Waals surface area contributed by atoms with Gasteiger partial charge in [-0.2, -0.15) is 0 Å². The lowest BCUT2D eigenvalue weighted by Gasteiger charge is -2.30. The summed E-state index contributed by atoms with van der Waals surface area (Å²) < 4.78 is 0. The fourth-order valence-corrected chi connectivity index (χ4v) is 2.00. The van der Waals surface area contributed by atoms with Crippen molar-refractivity contribution in [1.29, 1.82) is 0 Å². The zero-order chi connectivity index (χ0) is 14.4. The molecule has 0 aliphatic carbocycles. The molecular formula is C15H20N4O. The van der Waals surface area contributed by atoms with Crippen molar-refractivity contribution in [2.45, 2.75) is 19.4 Å². The van der Waals surface area contributed by atoms with Gasteiger partial charge in [0.15, 0.2) is 0 Å². The number of benzene rings is 1. The molecule has 1 unspecified atom stereocenters. The van der Waals surface area contributed by atoms with Gasteiger partial charge in [-0.25, -0.2) is 9.97 Å². The van der Waals surface area contributed by atoms with Crippen LogP contribution in [0.25, 0.3) is 0 Å². The summed E-state index contributed by atoms with van der Waals surface area (Å²) >= 11 is 0. The number of hydrogen-bond acceptors (Lipinski definition) is 5. The van der Waals surface area contributed by atoms with Crippen LogP contribution in [0.3, 0.4) is 0 Å². The number of aliphatic hydroxyl groups is 1. The van der Waals surface area contributed by atoms with Crippen LogP contribution in [0.15, 0.2) is 42.7 Å². The van der Waals surface area contributed by atoms with Gasteiger partial charge in [-0.1, -0.05) is 30.3 Å². The summed E-state index contributed by atoms with van der Waals surface area (Å²) in [6.45, 7) is 4.72. The number of hydrogen-bond donors (Lipinski definition) is 3. The Balaban J connectivity index is 2.24. The third-order valence-corrected chi connectivity index (χ3v) is 3.16. The molecule has 0 saturated carbocycles. The van der Waals surface area contributed by atoms with Gasteiger partial charge in [0.1, 0.15) is 18.0 Å². The molecule has 0 spiro atoms. The van der Waals surface area contributed by atoms with Gasteiger partial charge in [-0.3, -0.25) is 0 Å². The van der Waals surface area contributed by atoms with E-state index in [9.17, 15) is 5.11 Å². The van der Waals surface area contributed by atoms with Crippen molar-refractivity contribution < 1.29 is 5.11 Å². The number of aliphatic hydroxyl groups excluding tert-OH is 1. The Bertz CT molecular complexity index is 547. The minimum atomic E-state index is -0.584. The number of nitrogens with one attached hydrogen (secondary N) is 2. The third-order valence-electron chi connectivity index (χ3n) is 3.16. The first kappa shape index (κ1) is 14.3. The van der Waals surface area contributed by atoms with Gasteiger partial charge < -0.3 is 15.7 Å². The minimum absolute atomic E-state index is 0.0302. The SMILES string of the molecule is CCNc1cc(NC(C)(CO)c2ccccc2)ncn1. The van der Waals surface area contributed by atoms with E-state index < -0.39 is 5.54 Å². The molecule has 2 aromatic rings. The highest BCUT2D eigenvalue weighted by Gasteiger charge is 2.25. The summed E-state index contributed by atoms with van der Waals surface area (Å²) in [5.74, 6) is 1.44. The van der Waals surface area contributed by atoms with E-state index in [1.807, 2.05) is 50.2 Å². The molecule has 0 aliphatic heterocycles. The van der Waals surface area contributed by atoms with Gasteiger partial charge >= 0.3 is 0 Å². The molecule has 106 valence electrons. The second-order valence-corrected chi connectivity index (χ2v) is 4.80. The van der Waals surface area contributed by atoms with Crippen LogP contribution in [0.5, 0.6) is 0 Å². The van der Waals surface area contributed by atoms with Crippen LogP contribution in [-0.4, -0.2) is 28.2 Å². The number of aromatic nitrogens is 2. The zero-order valence-corrected chi connectivity index (χ0v) is 11.8. The maximum absolute atomic E-state index is 9.75. The number of nitrogens with zero attached hydrogens (tertiary/aromatic N) is 2. The van der Waals surface area contributed by atoms with Gasteiger partial charge in [0.05, 0.1) is 12.1 Å². The highest BCUT2D eigenvalue weighted by molar-refractivity contribution is 5.49. The van der Waals surface area contributed by atoms with Crippen molar-refractivity contribution in [2.75, 3.05) is 23.8 Å². The summed E-state index contributed by atoms with van der Waals surface area (Å²) in [4.78, 5) is 8.34. The Labute approximate surface area is 119 Å². The predicted octanol–water partition coefficient (Wildman–Crippen LogP) is 2.23. The Morgan fingerprint density at radius 2 is 1.85 bits per heavy atom. The summed E-state index contributed by atoms with van der Waals surface area (Å²) in [5, 5.41) is 16.2. The van der Waals surface area contributed by atoms with Crippen LogP contribution in [0.4, 0.5) is 11.6 Å². The Morgan fingerprint density at radius 1 is 1.15 bits per heavy atom. The number of rotatable bonds is 6. The molecule has 3 N–H and O–H groups in total. The molecule has 2 rings (SSSR count). The summed E-state index contributed by atoms with van der Waals surface area (Å²) in [5.41, 5.74) is 0.421. The topological polar surface area (TPSA) is 70.1 Å². The molecule has 0 aliphatic rings. The summed E-state index contributed by atoms with van der Waals surface area (Å²) in [6.07, 6.45) is 1.50. The Hall–Kier alpha value is -2.14. The van der Waals surface area contributed by atoms with E-state index in [0.717, 1.165) is 17.9 Å². The highest BCUT2D eigenvalue weighted by Crippen LogP contribution is 2.25. The molecule has 1 heterocycles. The zero-order valence-electron chi connectivity index (χ0n) is 11.8. The average Bonchev–Trinajstić information content (AvgIpc) is 2.49. The molecule has 0 amide bonds. The molecule has 0 fully saturated rings. The van der Waals surface area contributed by atoms with E-state index in [1.165, 1.54) is 6.33 Å². The van der Waals surface area contributed by atoms with E-state index in [2.05, 4.69) is 20.6 Å². The van der Waals surface area contributed by atoms with Crippen molar-refractivity contribution >= 4 is 11.6 Å². The second kappa shape index (κ2) is 6.34. The van der Waals surface area contributed by atoms with E-state index in [1.54, 1.807) is 0 Å². The van der Waals surface area contributed by atoms with Crippen LogP contribution in [0.2, 0.25) is 0 Å². The van der Waals surface area contributed by atoms with E-state index in [4.69, 9.17) is 0 Å². The van der Waals surface area contributed by atoms with Gasteiger partial charge in [-0.15, -0.1) is 0 Å². The molecule has 1 aromatic heterocycles. The van der Waals surface area contributed by atoms with Crippen molar-refractivity contribution in [2.24, 2.45) is 0 Å². The minimum Gasteiger partial charge on any atom is -0.394 e. The van der Waals surface area contributed by atoms with Gasteiger partial charge in [0.25, 0.3) is 0 Å². The molecule has 0 radical (unpaired) electrons. The molecular weight excluding hydrogens is 252 g/mol. The van der Waals surface area contributed by atoms with E-state index in [0.29, 0.717) is 5.82 Å². The first-order chi connectivity index (χ1) is 9.68. The standard InChI is InChI=1S/C15H20N4O/c1-3-16-13-9-14(18-11-17-13)19-15(2,10-20)12-7-5-4-6-8-12/h4-9,11,20H,3,10H2,1-2H3,(H2,16,17,18,19). The van der Waals surface area contributed by atoms with Crippen LogP contribution in [0, 0.1) is 0 Å². The van der Waals surface area contributed by atoms with Crippen LogP contribution >= 0.6 is 0 Å². The average molecular weight is 272 g/mol. The second-order valence-electron chi connectivity index (χ2n) is 4.80. The van der Waals surface area contributed by atoms with Crippen molar-refractivity contribution in [3.05, 3.63) is 48.3 Å². The fraction of sp³-hybridized carbons (Fsp3) is 0.333. The highest BCUT2D eigenvalue weighted by atomic mass is 16.3. The first-order valence-electron chi connectivity index (χ1n) is 6.68. The molecule has 1 atom stereocenters. The molecule has 0 bridgehead atoms. The molecule has 5 heteroatoms. The molecule has 0 saturated heterocycles. The van der Waals surface area contributed by atoms with Crippen LogP contribution in [0.1, 0.15) is 19.4 Å². The Kier molecular flexibility index (Phi) is 4.53. The number of anilines is 2. The summed E-state index contributed by atoms with van der Waals surface area (Å²) in [6, 6.07) is 11.7.